The van der Waals surface area contributed by atoms with E-state index in [1.807, 2.05) is 0 Å². The quantitative estimate of drug-likeness (QED) is 0.878. The largest absolute Gasteiger partial charge is 0.307 e. The number of hydrogen-bond donors (Lipinski definition) is 1. The van der Waals surface area contributed by atoms with Crippen LogP contribution in [0, 0.1) is 19.8 Å². The molecule has 0 amide bonds. The van der Waals surface area contributed by atoms with Crippen LogP contribution < -0.4 is 5.32 Å². The molecule has 1 saturated heterocycles. The van der Waals surface area contributed by atoms with Crippen LogP contribution in [0.5, 0.6) is 0 Å². The SMILES string of the molecule is CCN1CCC(C(C)NC(C)c2ccc(C)cc2C)CC1. The molecule has 2 heteroatoms. The van der Waals surface area contributed by atoms with E-state index in [9.17, 15) is 0 Å². The van der Waals surface area contributed by atoms with E-state index < -0.39 is 0 Å². The van der Waals surface area contributed by atoms with Gasteiger partial charge in [-0.3, -0.25) is 0 Å². The van der Waals surface area contributed by atoms with Crippen molar-refractivity contribution in [2.24, 2.45) is 5.92 Å². The number of nitrogens with zero attached hydrogens (tertiary/aromatic N) is 1. The van der Waals surface area contributed by atoms with Crippen molar-refractivity contribution in [1.82, 2.24) is 10.2 Å². The highest BCUT2D eigenvalue weighted by atomic mass is 15.1. The Morgan fingerprint density at radius 3 is 2.43 bits per heavy atom. The molecule has 1 heterocycles. The van der Waals surface area contributed by atoms with Gasteiger partial charge in [-0.05, 0) is 77.2 Å². The standard InChI is InChI=1S/C19H32N2/c1-6-21-11-9-18(10-12-21)16(4)20-17(5)19-8-7-14(2)13-15(19)3/h7-8,13,16-18,20H,6,9-12H2,1-5H3. The van der Waals surface area contributed by atoms with Crippen LogP contribution in [0.2, 0.25) is 0 Å². The Hall–Kier alpha value is -0.860. The Labute approximate surface area is 130 Å². The van der Waals surface area contributed by atoms with Gasteiger partial charge in [-0.1, -0.05) is 30.7 Å². The molecule has 118 valence electrons. The second-order valence-corrected chi connectivity index (χ2v) is 6.81. The zero-order valence-corrected chi connectivity index (χ0v) is 14.4. The van der Waals surface area contributed by atoms with Crippen LogP contribution in [0.1, 0.15) is 56.3 Å². The normalized spacial score (nSPS) is 20.4. The predicted molar refractivity (Wildman–Crippen MR) is 91.8 cm³/mol. The molecule has 1 N–H and O–H groups in total. The molecule has 1 aliphatic rings. The summed E-state index contributed by atoms with van der Waals surface area (Å²) in [6.07, 6.45) is 2.67. The first-order valence-electron chi connectivity index (χ1n) is 8.56. The van der Waals surface area contributed by atoms with E-state index in [0.717, 1.165) is 5.92 Å². The molecule has 21 heavy (non-hydrogen) atoms. The summed E-state index contributed by atoms with van der Waals surface area (Å²) in [7, 11) is 0. The van der Waals surface area contributed by atoms with Crippen LogP contribution in [0.15, 0.2) is 18.2 Å². The van der Waals surface area contributed by atoms with Crippen molar-refractivity contribution in [2.75, 3.05) is 19.6 Å². The smallest absolute Gasteiger partial charge is 0.0296 e. The molecule has 0 aromatic heterocycles. The number of hydrogen-bond acceptors (Lipinski definition) is 2. The maximum absolute atomic E-state index is 3.84. The number of nitrogens with one attached hydrogen (secondary N) is 1. The maximum Gasteiger partial charge on any atom is 0.0296 e. The summed E-state index contributed by atoms with van der Waals surface area (Å²) in [4.78, 5) is 2.57. The van der Waals surface area contributed by atoms with E-state index in [1.165, 1.54) is 49.2 Å². The minimum atomic E-state index is 0.435. The second-order valence-electron chi connectivity index (χ2n) is 6.81. The summed E-state index contributed by atoms with van der Waals surface area (Å²) in [5, 5.41) is 3.84. The lowest BCUT2D eigenvalue weighted by molar-refractivity contribution is 0.165. The van der Waals surface area contributed by atoms with Gasteiger partial charge in [-0.15, -0.1) is 0 Å². The Kier molecular flexibility index (Phi) is 5.83. The lowest BCUT2D eigenvalue weighted by atomic mass is 9.89. The third-order valence-corrected chi connectivity index (χ3v) is 5.19. The van der Waals surface area contributed by atoms with Gasteiger partial charge in [0.1, 0.15) is 0 Å². The van der Waals surface area contributed by atoms with Crippen molar-refractivity contribution in [1.29, 1.82) is 0 Å². The number of benzene rings is 1. The average molecular weight is 288 g/mol. The fourth-order valence-electron chi connectivity index (χ4n) is 3.70. The molecule has 2 rings (SSSR count). The van der Waals surface area contributed by atoms with Gasteiger partial charge in [0.05, 0.1) is 0 Å². The molecule has 0 spiro atoms. The third-order valence-electron chi connectivity index (χ3n) is 5.19. The minimum Gasteiger partial charge on any atom is -0.307 e. The molecular formula is C19H32N2. The molecule has 2 nitrogen and oxygen atoms in total. The highest BCUT2D eigenvalue weighted by Gasteiger charge is 2.24. The molecule has 0 bridgehead atoms. The van der Waals surface area contributed by atoms with E-state index >= 15 is 0 Å². The summed E-state index contributed by atoms with van der Waals surface area (Å²) < 4.78 is 0. The first-order chi connectivity index (χ1) is 10.0. The number of aryl methyl sites for hydroxylation is 2. The van der Waals surface area contributed by atoms with Crippen LogP contribution in [0.4, 0.5) is 0 Å². The molecule has 2 unspecified atom stereocenters. The van der Waals surface area contributed by atoms with Crippen LogP contribution in [-0.4, -0.2) is 30.6 Å². The molecule has 2 atom stereocenters. The van der Waals surface area contributed by atoms with Gasteiger partial charge in [0, 0.05) is 12.1 Å². The van der Waals surface area contributed by atoms with Gasteiger partial charge in [-0.2, -0.15) is 0 Å². The van der Waals surface area contributed by atoms with Crippen LogP contribution in [0.3, 0.4) is 0 Å². The summed E-state index contributed by atoms with van der Waals surface area (Å²) in [5.74, 6) is 0.820. The summed E-state index contributed by atoms with van der Waals surface area (Å²) in [5.41, 5.74) is 4.20. The first-order valence-corrected chi connectivity index (χ1v) is 8.56. The maximum atomic E-state index is 3.84. The van der Waals surface area contributed by atoms with E-state index in [4.69, 9.17) is 0 Å². The Balaban J connectivity index is 1.91. The van der Waals surface area contributed by atoms with Gasteiger partial charge < -0.3 is 10.2 Å². The monoisotopic (exact) mass is 288 g/mol. The van der Waals surface area contributed by atoms with Crippen molar-refractivity contribution < 1.29 is 0 Å². The van der Waals surface area contributed by atoms with Gasteiger partial charge in [0.25, 0.3) is 0 Å². The van der Waals surface area contributed by atoms with Crippen LogP contribution in [-0.2, 0) is 0 Å². The minimum absolute atomic E-state index is 0.435. The second kappa shape index (κ2) is 7.42. The predicted octanol–water partition coefficient (Wildman–Crippen LogP) is 4.07. The van der Waals surface area contributed by atoms with E-state index in [-0.39, 0.29) is 0 Å². The topological polar surface area (TPSA) is 15.3 Å². The molecular weight excluding hydrogens is 256 g/mol. The van der Waals surface area contributed by atoms with Crippen molar-refractivity contribution in [3.05, 3.63) is 34.9 Å². The number of likely N-dealkylation sites (tertiary alicyclic amines) is 1. The number of piperidine rings is 1. The van der Waals surface area contributed by atoms with Crippen LogP contribution in [0.25, 0.3) is 0 Å². The highest BCUT2D eigenvalue weighted by molar-refractivity contribution is 5.32. The summed E-state index contributed by atoms with van der Waals surface area (Å²) >= 11 is 0. The van der Waals surface area contributed by atoms with E-state index in [1.54, 1.807) is 0 Å². The molecule has 0 aliphatic carbocycles. The summed E-state index contributed by atoms with van der Waals surface area (Å²) in [6, 6.07) is 7.84. The van der Waals surface area contributed by atoms with Crippen molar-refractivity contribution in [2.45, 2.75) is 59.5 Å². The van der Waals surface area contributed by atoms with Gasteiger partial charge in [0.2, 0.25) is 0 Å². The zero-order valence-electron chi connectivity index (χ0n) is 14.4. The highest BCUT2D eigenvalue weighted by Crippen LogP contribution is 2.24. The fraction of sp³-hybridized carbons (Fsp3) is 0.684. The lowest BCUT2D eigenvalue weighted by Gasteiger charge is -2.36. The molecule has 1 aromatic rings. The zero-order chi connectivity index (χ0) is 15.4. The van der Waals surface area contributed by atoms with Gasteiger partial charge in [-0.25, -0.2) is 0 Å². The van der Waals surface area contributed by atoms with Crippen molar-refractivity contribution >= 4 is 0 Å². The lowest BCUT2D eigenvalue weighted by Crippen LogP contribution is -2.42. The van der Waals surface area contributed by atoms with Crippen molar-refractivity contribution in [3.8, 4) is 0 Å². The molecule has 1 fully saturated rings. The average Bonchev–Trinajstić information content (AvgIpc) is 2.47. The van der Waals surface area contributed by atoms with E-state index in [2.05, 4.69) is 63.0 Å². The van der Waals surface area contributed by atoms with Crippen LogP contribution >= 0.6 is 0 Å². The molecule has 1 aliphatic heterocycles. The molecule has 0 saturated carbocycles. The van der Waals surface area contributed by atoms with Gasteiger partial charge in [0.15, 0.2) is 0 Å². The third kappa shape index (κ3) is 4.31. The number of rotatable bonds is 5. The van der Waals surface area contributed by atoms with Crippen molar-refractivity contribution in [3.63, 3.8) is 0 Å². The Morgan fingerprint density at radius 1 is 1.19 bits per heavy atom. The fourth-order valence-corrected chi connectivity index (χ4v) is 3.70. The first kappa shape index (κ1) is 16.5. The molecule has 0 radical (unpaired) electrons. The molecule has 1 aromatic carbocycles. The van der Waals surface area contributed by atoms with E-state index in [0.29, 0.717) is 12.1 Å². The summed E-state index contributed by atoms with van der Waals surface area (Å²) in [6.45, 7) is 15.1. The van der Waals surface area contributed by atoms with Gasteiger partial charge >= 0.3 is 0 Å². The Morgan fingerprint density at radius 2 is 1.86 bits per heavy atom. The Bertz CT molecular complexity index is 447.